The molecule has 1 aromatic carbocycles. The summed E-state index contributed by atoms with van der Waals surface area (Å²) in [6.07, 6.45) is 0. The van der Waals surface area contributed by atoms with Crippen LogP contribution in [-0.2, 0) is 11.5 Å². The minimum Gasteiger partial charge on any atom is -0.370 e. The summed E-state index contributed by atoms with van der Waals surface area (Å²) in [6.45, 7) is 2.75. The number of nitrogens with zero attached hydrogens (tertiary/aromatic N) is 2. The van der Waals surface area contributed by atoms with Gasteiger partial charge in [-0.2, -0.15) is 11.8 Å². The fourth-order valence-electron chi connectivity index (χ4n) is 2.13. The zero-order valence-electron chi connectivity index (χ0n) is 10.9. The van der Waals surface area contributed by atoms with Gasteiger partial charge in [-0.1, -0.05) is 0 Å². The molecule has 0 aliphatic carbocycles. The molecule has 3 nitrogen and oxygen atoms in total. The van der Waals surface area contributed by atoms with Crippen LogP contribution in [-0.4, -0.2) is 16.5 Å². The highest BCUT2D eigenvalue weighted by Crippen LogP contribution is 2.34. The summed E-state index contributed by atoms with van der Waals surface area (Å²) in [5, 5.41) is 3.21. The van der Waals surface area contributed by atoms with Crippen LogP contribution in [0.2, 0.25) is 0 Å². The lowest BCUT2D eigenvalue weighted by molar-refractivity contribution is 0.509. The molecule has 1 N–H and O–H groups in total. The van der Waals surface area contributed by atoms with Gasteiger partial charge in [0.15, 0.2) is 17.5 Å². The minimum atomic E-state index is -0.883. The average Bonchev–Trinajstić information content (AvgIpc) is 2.90. The Morgan fingerprint density at radius 3 is 2.80 bits per heavy atom. The van der Waals surface area contributed by atoms with E-state index in [1.54, 1.807) is 11.8 Å². The van der Waals surface area contributed by atoms with E-state index in [-0.39, 0.29) is 0 Å². The van der Waals surface area contributed by atoms with Crippen LogP contribution in [0.3, 0.4) is 0 Å². The second kappa shape index (κ2) is 5.36. The highest BCUT2D eigenvalue weighted by Gasteiger charge is 2.20. The van der Waals surface area contributed by atoms with Gasteiger partial charge in [-0.05, 0) is 25.1 Å². The van der Waals surface area contributed by atoms with Crippen molar-refractivity contribution in [1.82, 2.24) is 9.97 Å². The Kier molecular flexibility index (Phi) is 3.56. The molecule has 0 radical (unpaired) electrons. The van der Waals surface area contributed by atoms with Crippen molar-refractivity contribution in [3.05, 3.63) is 41.1 Å². The monoisotopic (exact) mass is 293 g/mol. The van der Waals surface area contributed by atoms with E-state index in [4.69, 9.17) is 0 Å². The summed E-state index contributed by atoms with van der Waals surface area (Å²) in [4.78, 5) is 8.93. The largest absolute Gasteiger partial charge is 0.370 e. The van der Waals surface area contributed by atoms with E-state index in [2.05, 4.69) is 15.3 Å². The zero-order valence-corrected chi connectivity index (χ0v) is 11.7. The second-order valence-electron chi connectivity index (χ2n) is 4.47. The molecule has 20 heavy (non-hydrogen) atoms. The van der Waals surface area contributed by atoms with Crippen LogP contribution < -0.4 is 5.32 Å². The molecule has 2 heterocycles. The van der Waals surface area contributed by atoms with Crippen molar-refractivity contribution >= 4 is 17.6 Å². The highest BCUT2D eigenvalue weighted by molar-refractivity contribution is 7.98. The lowest BCUT2D eigenvalue weighted by atomic mass is 10.1. The third kappa shape index (κ3) is 2.35. The Labute approximate surface area is 119 Å². The van der Waals surface area contributed by atoms with E-state index in [0.29, 0.717) is 11.4 Å². The average molecular weight is 293 g/mol. The Balaban J connectivity index is 2.09. The Bertz CT molecular complexity index is 661. The SMILES string of the molecule is CCNc1nc(-c2ccc(F)c(F)c2)nc2c1CSC2. The van der Waals surface area contributed by atoms with Gasteiger partial charge in [0.25, 0.3) is 0 Å². The van der Waals surface area contributed by atoms with E-state index in [9.17, 15) is 8.78 Å². The molecule has 3 rings (SSSR count). The predicted molar refractivity (Wildman–Crippen MR) is 76.5 cm³/mol. The molecule has 1 aliphatic heterocycles. The highest BCUT2D eigenvalue weighted by atomic mass is 32.2. The fraction of sp³-hybridized carbons (Fsp3) is 0.286. The normalized spacial score (nSPS) is 13.3. The molecule has 1 aliphatic rings. The maximum atomic E-state index is 13.3. The number of hydrogen-bond donors (Lipinski definition) is 1. The molecule has 6 heteroatoms. The number of rotatable bonds is 3. The third-order valence-electron chi connectivity index (χ3n) is 3.10. The molecule has 0 saturated carbocycles. The lowest BCUT2D eigenvalue weighted by Crippen LogP contribution is -2.06. The number of halogens is 2. The van der Waals surface area contributed by atoms with Gasteiger partial charge in [-0.3, -0.25) is 0 Å². The van der Waals surface area contributed by atoms with Crippen LogP contribution in [0.5, 0.6) is 0 Å². The minimum absolute atomic E-state index is 0.432. The molecule has 0 bridgehead atoms. The molecule has 0 saturated heterocycles. The van der Waals surface area contributed by atoms with Crippen molar-refractivity contribution in [2.75, 3.05) is 11.9 Å². The number of aromatic nitrogens is 2. The quantitative estimate of drug-likeness (QED) is 0.938. The van der Waals surface area contributed by atoms with Crippen LogP contribution in [0.1, 0.15) is 18.2 Å². The van der Waals surface area contributed by atoms with Crippen LogP contribution in [0, 0.1) is 11.6 Å². The van der Waals surface area contributed by atoms with Gasteiger partial charge in [0.1, 0.15) is 5.82 Å². The number of nitrogens with one attached hydrogen (secondary N) is 1. The maximum Gasteiger partial charge on any atom is 0.161 e. The molecule has 2 aromatic rings. The first-order chi connectivity index (χ1) is 9.69. The van der Waals surface area contributed by atoms with Crippen molar-refractivity contribution in [2.24, 2.45) is 0 Å². The first-order valence-corrected chi connectivity index (χ1v) is 7.51. The number of benzene rings is 1. The molecule has 1 aromatic heterocycles. The van der Waals surface area contributed by atoms with E-state index < -0.39 is 11.6 Å². The van der Waals surface area contributed by atoms with Gasteiger partial charge < -0.3 is 5.32 Å². The van der Waals surface area contributed by atoms with Crippen LogP contribution >= 0.6 is 11.8 Å². The van der Waals surface area contributed by atoms with Crippen LogP contribution in [0.15, 0.2) is 18.2 Å². The van der Waals surface area contributed by atoms with Crippen molar-refractivity contribution in [1.29, 1.82) is 0 Å². The maximum absolute atomic E-state index is 13.3. The van der Waals surface area contributed by atoms with E-state index in [1.807, 2.05) is 6.92 Å². The topological polar surface area (TPSA) is 37.8 Å². The van der Waals surface area contributed by atoms with Crippen molar-refractivity contribution < 1.29 is 8.78 Å². The number of hydrogen-bond acceptors (Lipinski definition) is 4. The molecule has 104 valence electrons. The lowest BCUT2D eigenvalue weighted by Gasteiger charge is -2.10. The van der Waals surface area contributed by atoms with E-state index in [0.717, 1.165) is 47.3 Å². The van der Waals surface area contributed by atoms with Gasteiger partial charge in [0.05, 0.1) is 5.69 Å². The van der Waals surface area contributed by atoms with Crippen molar-refractivity contribution in [2.45, 2.75) is 18.4 Å². The summed E-state index contributed by atoms with van der Waals surface area (Å²) in [7, 11) is 0. The van der Waals surface area contributed by atoms with Gasteiger partial charge in [0.2, 0.25) is 0 Å². The summed E-state index contributed by atoms with van der Waals surface area (Å²) in [5.74, 6) is 1.19. The molecule has 0 unspecified atom stereocenters. The van der Waals surface area contributed by atoms with Gasteiger partial charge in [-0.25, -0.2) is 18.7 Å². The summed E-state index contributed by atoms with van der Waals surface area (Å²) in [5.41, 5.74) is 2.58. The standard InChI is InChI=1S/C14H13F2N3S/c1-2-17-14-9-6-20-7-12(9)18-13(19-14)8-3-4-10(15)11(16)5-8/h3-5H,2,6-7H2,1H3,(H,17,18,19). The Morgan fingerprint density at radius 1 is 1.20 bits per heavy atom. The summed E-state index contributed by atoms with van der Waals surface area (Å²) in [6, 6.07) is 3.73. The molecule has 0 amide bonds. The molecule has 0 spiro atoms. The predicted octanol–water partition coefficient (Wildman–Crippen LogP) is 3.60. The first-order valence-electron chi connectivity index (χ1n) is 6.36. The second-order valence-corrected chi connectivity index (χ2v) is 5.46. The smallest absolute Gasteiger partial charge is 0.161 e. The van der Waals surface area contributed by atoms with Crippen LogP contribution in [0.4, 0.5) is 14.6 Å². The van der Waals surface area contributed by atoms with Crippen molar-refractivity contribution in [3.63, 3.8) is 0 Å². The zero-order chi connectivity index (χ0) is 14.1. The molecular weight excluding hydrogens is 280 g/mol. The third-order valence-corrected chi connectivity index (χ3v) is 4.07. The van der Waals surface area contributed by atoms with E-state index in [1.165, 1.54) is 6.07 Å². The summed E-state index contributed by atoms with van der Waals surface area (Å²) < 4.78 is 26.3. The van der Waals surface area contributed by atoms with Crippen molar-refractivity contribution in [3.8, 4) is 11.4 Å². The Morgan fingerprint density at radius 2 is 2.05 bits per heavy atom. The van der Waals surface area contributed by atoms with Crippen LogP contribution in [0.25, 0.3) is 11.4 Å². The first kappa shape index (κ1) is 13.3. The summed E-state index contributed by atoms with van der Waals surface area (Å²) >= 11 is 1.78. The molecule has 0 atom stereocenters. The van der Waals surface area contributed by atoms with Gasteiger partial charge in [-0.15, -0.1) is 0 Å². The number of fused-ring (bicyclic) bond motifs is 1. The molecule has 0 fully saturated rings. The fourth-order valence-corrected chi connectivity index (χ4v) is 3.17. The number of anilines is 1. The van der Waals surface area contributed by atoms with Gasteiger partial charge in [0, 0.05) is 29.2 Å². The van der Waals surface area contributed by atoms with E-state index >= 15 is 0 Å². The van der Waals surface area contributed by atoms with Gasteiger partial charge >= 0.3 is 0 Å². The number of thioether (sulfide) groups is 1. The molecular formula is C14H13F2N3S. The Hall–Kier alpha value is -1.69.